The summed E-state index contributed by atoms with van der Waals surface area (Å²) in [5.74, 6) is 1.06. The quantitative estimate of drug-likeness (QED) is 0.197. The molecular weight excluding hydrogens is 460 g/mol. The number of thiocarbonyl (C=S) groups is 1. The Labute approximate surface area is 191 Å². The molecule has 10 heteroatoms. The number of carbonyl (C=O) groups excluding carboxylic acids is 1. The molecule has 1 amide bonds. The zero-order valence-electron chi connectivity index (χ0n) is 15.9. The van der Waals surface area contributed by atoms with E-state index in [0.29, 0.717) is 37.7 Å². The summed E-state index contributed by atoms with van der Waals surface area (Å²) in [5.41, 5.74) is 0.844. The number of amides is 1. The van der Waals surface area contributed by atoms with Crippen LogP contribution in [-0.2, 0) is 4.79 Å². The van der Waals surface area contributed by atoms with Gasteiger partial charge < -0.3 is 9.15 Å². The molecule has 2 aromatic carbocycles. The van der Waals surface area contributed by atoms with Crippen LogP contribution in [0.25, 0.3) is 17.4 Å². The van der Waals surface area contributed by atoms with E-state index in [4.69, 9.17) is 33.0 Å². The summed E-state index contributed by atoms with van der Waals surface area (Å²) in [6.07, 6.45) is 1.59. The number of para-hydroxylation sites is 2. The molecule has 1 aliphatic rings. The summed E-state index contributed by atoms with van der Waals surface area (Å²) < 4.78 is 11.5. The van der Waals surface area contributed by atoms with Gasteiger partial charge in [-0.25, -0.2) is 0 Å². The summed E-state index contributed by atoms with van der Waals surface area (Å²) in [7, 11) is 1.53. The lowest BCUT2D eigenvalue weighted by Gasteiger charge is -2.17. The van der Waals surface area contributed by atoms with E-state index in [1.165, 1.54) is 24.1 Å². The molecule has 1 aliphatic heterocycles. The zero-order chi connectivity index (χ0) is 22.1. The van der Waals surface area contributed by atoms with E-state index < -0.39 is 4.92 Å². The second kappa shape index (κ2) is 8.54. The number of methoxy groups -OCH3 is 1. The summed E-state index contributed by atoms with van der Waals surface area (Å²) in [6.45, 7) is 0. The number of nitrogens with zero attached hydrogens (tertiary/aromatic N) is 2. The SMILES string of the molecule is COc1ccccc1N1C(=O)/C(=C\c2ccc(-c3ccc(Cl)c([N+](=O)[O-])c3)o2)SC1=S. The third kappa shape index (κ3) is 4.07. The normalized spacial score (nSPS) is 15.0. The van der Waals surface area contributed by atoms with Crippen LogP contribution >= 0.6 is 35.6 Å². The number of thioether (sulfide) groups is 1. The lowest BCUT2D eigenvalue weighted by atomic mass is 10.1. The van der Waals surface area contributed by atoms with Gasteiger partial charge in [0.1, 0.15) is 22.3 Å². The molecule has 0 N–H and O–H groups in total. The summed E-state index contributed by atoms with van der Waals surface area (Å²) in [4.78, 5) is 25.3. The fourth-order valence-electron chi connectivity index (χ4n) is 3.01. The number of nitro groups is 1. The first-order valence-electron chi connectivity index (χ1n) is 8.84. The fourth-order valence-corrected chi connectivity index (χ4v) is 4.46. The topological polar surface area (TPSA) is 85.8 Å². The molecule has 0 saturated carbocycles. The average Bonchev–Trinajstić information content (AvgIpc) is 3.32. The molecule has 4 rings (SSSR count). The minimum atomic E-state index is -0.557. The zero-order valence-corrected chi connectivity index (χ0v) is 18.3. The number of carbonyl (C=O) groups is 1. The first-order valence-corrected chi connectivity index (χ1v) is 10.4. The number of hydrogen-bond acceptors (Lipinski definition) is 7. The van der Waals surface area contributed by atoms with Gasteiger partial charge in [-0.2, -0.15) is 0 Å². The van der Waals surface area contributed by atoms with Crippen molar-refractivity contribution in [3.05, 3.63) is 80.4 Å². The molecule has 31 heavy (non-hydrogen) atoms. The molecule has 1 aromatic heterocycles. The number of rotatable bonds is 5. The van der Waals surface area contributed by atoms with Gasteiger partial charge in [-0.3, -0.25) is 19.8 Å². The van der Waals surface area contributed by atoms with Crippen molar-refractivity contribution >= 4 is 63.3 Å². The number of halogens is 1. The lowest BCUT2D eigenvalue weighted by Crippen LogP contribution is -2.27. The maximum absolute atomic E-state index is 13.0. The van der Waals surface area contributed by atoms with Crippen LogP contribution in [0, 0.1) is 10.1 Å². The number of hydrogen-bond donors (Lipinski definition) is 0. The van der Waals surface area contributed by atoms with E-state index >= 15 is 0 Å². The molecule has 0 bridgehead atoms. The summed E-state index contributed by atoms with van der Waals surface area (Å²) in [5, 5.41) is 11.2. The van der Waals surface area contributed by atoms with Crippen molar-refractivity contribution in [2.75, 3.05) is 12.0 Å². The predicted octanol–water partition coefficient (Wildman–Crippen LogP) is 5.92. The maximum Gasteiger partial charge on any atom is 0.288 e. The van der Waals surface area contributed by atoms with Gasteiger partial charge in [-0.15, -0.1) is 0 Å². The molecule has 0 radical (unpaired) electrons. The number of anilines is 1. The molecule has 0 unspecified atom stereocenters. The van der Waals surface area contributed by atoms with Crippen LogP contribution in [0.15, 0.2) is 63.9 Å². The number of nitro benzene ring substituents is 1. The second-order valence-corrected chi connectivity index (χ2v) is 8.40. The molecule has 2 heterocycles. The Morgan fingerprint density at radius 1 is 1.23 bits per heavy atom. The van der Waals surface area contributed by atoms with E-state index in [1.54, 1.807) is 48.5 Å². The van der Waals surface area contributed by atoms with Gasteiger partial charge in [0.2, 0.25) is 0 Å². The first kappa shape index (κ1) is 21.1. The molecule has 0 aliphatic carbocycles. The van der Waals surface area contributed by atoms with Gasteiger partial charge >= 0.3 is 0 Å². The van der Waals surface area contributed by atoms with E-state index in [0.717, 1.165) is 11.8 Å². The molecule has 0 atom stereocenters. The van der Waals surface area contributed by atoms with Crippen LogP contribution in [0.5, 0.6) is 5.75 Å². The molecule has 7 nitrogen and oxygen atoms in total. The van der Waals surface area contributed by atoms with Crippen LogP contribution in [0.1, 0.15) is 5.76 Å². The smallest absolute Gasteiger partial charge is 0.288 e. The standard InChI is InChI=1S/C21H13ClN2O5S2/c1-28-18-5-3-2-4-15(18)23-20(25)19(31-21(23)30)11-13-7-9-17(29-13)12-6-8-14(22)16(10-12)24(26)27/h2-11H,1H3/b19-11+. The van der Waals surface area contributed by atoms with Gasteiger partial charge in [-0.05, 0) is 36.4 Å². The number of furan rings is 1. The molecular formula is C21H13ClN2O5S2. The van der Waals surface area contributed by atoms with Crippen molar-refractivity contribution in [3.63, 3.8) is 0 Å². The molecule has 3 aromatic rings. The first-order chi connectivity index (χ1) is 14.9. The second-order valence-electron chi connectivity index (χ2n) is 6.31. The van der Waals surface area contributed by atoms with Crippen LogP contribution < -0.4 is 9.64 Å². The van der Waals surface area contributed by atoms with Crippen molar-refractivity contribution < 1.29 is 18.9 Å². The molecule has 156 valence electrons. The van der Waals surface area contributed by atoms with Crippen molar-refractivity contribution in [2.45, 2.75) is 0 Å². The van der Waals surface area contributed by atoms with Crippen LogP contribution in [0.4, 0.5) is 11.4 Å². The van der Waals surface area contributed by atoms with E-state index in [9.17, 15) is 14.9 Å². The monoisotopic (exact) mass is 472 g/mol. The molecule has 0 spiro atoms. The van der Waals surface area contributed by atoms with Gasteiger partial charge in [-0.1, -0.05) is 47.7 Å². The van der Waals surface area contributed by atoms with Crippen LogP contribution in [-0.4, -0.2) is 22.3 Å². The Morgan fingerprint density at radius 2 is 2.00 bits per heavy atom. The number of ether oxygens (including phenoxy) is 1. The molecule has 1 fully saturated rings. The Bertz CT molecular complexity index is 1250. The minimum absolute atomic E-state index is 0.0422. The van der Waals surface area contributed by atoms with E-state index in [2.05, 4.69) is 0 Å². The van der Waals surface area contributed by atoms with E-state index in [1.807, 2.05) is 0 Å². The predicted molar refractivity (Wildman–Crippen MR) is 124 cm³/mol. The number of benzene rings is 2. The van der Waals surface area contributed by atoms with Gasteiger partial charge in [0.05, 0.1) is 22.6 Å². The van der Waals surface area contributed by atoms with Gasteiger partial charge in [0, 0.05) is 17.7 Å². The van der Waals surface area contributed by atoms with Gasteiger partial charge in [0.25, 0.3) is 11.6 Å². The average molecular weight is 473 g/mol. The lowest BCUT2D eigenvalue weighted by molar-refractivity contribution is -0.384. The highest BCUT2D eigenvalue weighted by Crippen LogP contribution is 2.40. The highest BCUT2D eigenvalue weighted by molar-refractivity contribution is 8.27. The van der Waals surface area contributed by atoms with Crippen molar-refractivity contribution in [1.82, 2.24) is 0 Å². The van der Waals surface area contributed by atoms with Crippen LogP contribution in [0.3, 0.4) is 0 Å². The largest absolute Gasteiger partial charge is 0.495 e. The Balaban J connectivity index is 1.63. The Morgan fingerprint density at radius 3 is 2.74 bits per heavy atom. The third-order valence-electron chi connectivity index (χ3n) is 4.45. The van der Waals surface area contributed by atoms with Crippen LogP contribution in [0.2, 0.25) is 5.02 Å². The van der Waals surface area contributed by atoms with Crippen molar-refractivity contribution in [3.8, 4) is 17.1 Å². The highest BCUT2D eigenvalue weighted by atomic mass is 35.5. The summed E-state index contributed by atoms with van der Waals surface area (Å²) in [6, 6.07) is 14.9. The fraction of sp³-hybridized carbons (Fsp3) is 0.0476. The van der Waals surface area contributed by atoms with Crippen molar-refractivity contribution in [1.29, 1.82) is 0 Å². The Hall–Kier alpha value is -3.14. The van der Waals surface area contributed by atoms with E-state index in [-0.39, 0.29) is 16.6 Å². The third-order valence-corrected chi connectivity index (χ3v) is 6.07. The Kier molecular flexibility index (Phi) is 5.81. The molecule has 1 saturated heterocycles. The minimum Gasteiger partial charge on any atom is -0.495 e. The van der Waals surface area contributed by atoms with Crippen molar-refractivity contribution in [2.24, 2.45) is 0 Å². The summed E-state index contributed by atoms with van der Waals surface area (Å²) >= 11 is 12.4. The highest BCUT2D eigenvalue weighted by Gasteiger charge is 2.35. The maximum atomic E-state index is 13.0. The van der Waals surface area contributed by atoms with Gasteiger partial charge in [0.15, 0.2) is 4.32 Å².